The van der Waals surface area contributed by atoms with Gasteiger partial charge in [0, 0.05) is 13.0 Å². The van der Waals surface area contributed by atoms with E-state index < -0.39 is 0 Å². The van der Waals surface area contributed by atoms with Crippen LogP contribution >= 0.6 is 24.0 Å². The molecule has 124 valence electrons. The van der Waals surface area contributed by atoms with Crippen molar-refractivity contribution in [3.63, 3.8) is 0 Å². The Hall–Kier alpha value is -0.970. The molecule has 0 spiro atoms. The fraction of sp³-hybridized carbons (Fsp3) is 0.562. The molecule has 0 bridgehead atoms. The first-order valence-corrected chi connectivity index (χ1v) is 7.70. The summed E-state index contributed by atoms with van der Waals surface area (Å²) in [5.41, 5.74) is 1.21. The van der Waals surface area contributed by atoms with E-state index in [9.17, 15) is 4.79 Å². The lowest BCUT2D eigenvalue weighted by Crippen LogP contribution is -2.31. The van der Waals surface area contributed by atoms with E-state index in [4.69, 9.17) is 21.1 Å². The maximum atomic E-state index is 11.5. The molecule has 1 unspecified atom stereocenters. The predicted octanol–water partition coefficient (Wildman–Crippen LogP) is 3.56. The highest BCUT2D eigenvalue weighted by Gasteiger charge is 2.31. The lowest BCUT2D eigenvalue weighted by molar-refractivity contribution is -0.142. The minimum Gasteiger partial charge on any atom is -0.487 e. The van der Waals surface area contributed by atoms with Crippen LogP contribution in [0.25, 0.3) is 0 Å². The van der Waals surface area contributed by atoms with Crippen LogP contribution in [0.4, 0.5) is 0 Å². The van der Waals surface area contributed by atoms with Crippen molar-refractivity contribution in [2.75, 3.05) is 13.7 Å². The van der Waals surface area contributed by atoms with Gasteiger partial charge < -0.3 is 14.8 Å². The summed E-state index contributed by atoms with van der Waals surface area (Å²) in [6, 6.07) is 5.63. The second kappa shape index (κ2) is 8.61. The van der Waals surface area contributed by atoms with E-state index in [1.807, 2.05) is 12.1 Å². The largest absolute Gasteiger partial charge is 0.487 e. The van der Waals surface area contributed by atoms with Crippen LogP contribution in [0.2, 0.25) is 5.02 Å². The second-order valence-electron chi connectivity index (χ2n) is 5.46. The lowest BCUT2D eigenvalue weighted by atomic mass is 9.99. The zero-order chi connectivity index (χ0) is 15.4. The molecule has 0 radical (unpaired) electrons. The van der Waals surface area contributed by atoms with Crippen LogP contribution in [-0.4, -0.2) is 31.8 Å². The van der Waals surface area contributed by atoms with Gasteiger partial charge in [0.2, 0.25) is 0 Å². The van der Waals surface area contributed by atoms with Crippen LogP contribution in [0, 0.1) is 0 Å². The van der Waals surface area contributed by atoms with Crippen LogP contribution < -0.4 is 10.1 Å². The van der Waals surface area contributed by atoms with E-state index in [0.717, 1.165) is 6.42 Å². The summed E-state index contributed by atoms with van der Waals surface area (Å²) in [6.07, 6.45) is 1.60. The van der Waals surface area contributed by atoms with Crippen molar-refractivity contribution in [1.29, 1.82) is 0 Å². The Balaban J connectivity index is 0.00000242. The molecular weight excluding hydrogens is 325 g/mol. The first kappa shape index (κ1) is 19.1. The van der Waals surface area contributed by atoms with E-state index in [-0.39, 0.29) is 30.5 Å². The third kappa shape index (κ3) is 4.51. The molecule has 4 nitrogen and oxygen atoms in total. The van der Waals surface area contributed by atoms with Gasteiger partial charge in [0.1, 0.15) is 17.9 Å². The molecule has 1 aromatic carbocycles. The van der Waals surface area contributed by atoms with E-state index in [2.05, 4.69) is 25.2 Å². The van der Waals surface area contributed by atoms with E-state index in [1.165, 1.54) is 12.7 Å². The maximum absolute atomic E-state index is 11.5. The number of nitrogens with one attached hydrogen (secondary N) is 1. The molecule has 1 heterocycles. The average Bonchev–Trinajstić information content (AvgIpc) is 2.96. The van der Waals surface area contributed by atoms with Crippen molar-refractivity contribution in [3.05, 3.63) is 28.8 Å². The Morgan fingerprint density at radius 2 is 2.23 bits per heavy atom. The van der Waals surface area contributed by atoms with Gasteiger partial charge in [-0.1, -0.05) is 31.5 Å². The van der Waals surface area contributed by atoms with E-state index >= 15 is 0 Å². The number of ether oxygens (including phenoxy) is 2. The summed E-state index contributed by atoms with van der Waals surface area (Å²) < 4.78 is 10.6. The summed E-state index contributed by atoms with van der Waals surface area (Å²) in [5.74, 6) is 0.897. The first-order chi connectivity index (χ1) is 10.0. The summed E-state index contributed by atoms with van der Waals surface area (Å²) in [6.45, 7) is 4.94. The topological polar surface area (TPSA) is 47.6 Å². The zero-order valence-electron chi connectivity index (χ0n) is 13.1. The standard InChI is InChI=1S/C16H22ClNO3.ClH/c1-4-10(2)11-5-6-15(13(17)7-11)21-12-8-14(18-9-12)16(19)20-3;/h5-7,10,12,14,18H,4,8-9H2,1-3H3;1H/t10?,12-,14-;/m0./s1. The molecule has 1 N–H and O–H groups in total. The maximum Gasteiger partial charge on any atom is 0.323 e. The quantitative estimate of drug-likeness (QED) is 0.827. The molecule has 0 aliphatic carbocycles. The predicted molar refractivity (Wildman–Crippen MR) is 90.2 cm³/mol. The van der Waals surface area contributed by atoms with Gasteiger partial charge >= 0.3 is 5.97 Å². The summed E-state index contributed by atoms with van der Waals surface area (Å²) in [5, 5.41) is 3.71. The van der Waals surface area contributed by atoms with Crippen molar-refractivity contribution >= 4 is 30.0 Å². The minimum absolute atomic E-state index is 0. The lowest BCUT2D eigenvalue weighted by Gasteiger charge is -2.16. The number of carbonyl (C=O) groups is 1. The zero-order valence-corrected chi connectivity index (χ0v) is 14.7. The molecule has 0 amide bonds. The van der Waals surface area contributed by atoms with Gasteiger partial charge in [0.15, 0.2) is 0 Å². The van der Waals surface area contributed by atoms with E-state index in [1.54, 1.807) is 0 Å². The first-order valence-electron chi connectivity index (χ1n) is 7.32. The van der Waals surface area contributed by atoms with Gasteiger partial charge in [-0.2, -0.15) is 0 Å². The number of esters is 1. The third-order valence-electron chi connectivity index (χ3n) is 4.01. The summed E-state index contributed by atoms with van der Waals surface area (Å²) in [7, 11) is 1.39. The smallest absolute Gasteiger partial charge is 0.323 e. The van der Waals surface area contributed by atoms with Crippen LogP contribution in [0.15, 0.2) is 18.2 Å². The average molecular weight is 348 g/mol. The highest BCUT2D eigenvalue weighted by molar-refractivity contribution is 6.32. The highest BCUT2D eigenvalue weighted by Crippen LogP contribution is 2.31. The number of rotatable bonds is 5. The van der Waals surface area contributed by atoms with Gasteiger partial charge in [0.25, 0.3) is 0 Å². The fourth-order valence-electron chi connectivity index (χ4n) is 2.45. The molecule has 2 rings (SSSR count). The van der Waals surface area contributed by atoms with Crippen molar-refractivity contribution in [2.45, 2.75) is 44.8 Å². The number of carbonyl (C=O) groups excluding carboxylic acids is 1. The van der Waals surface area contributed by atoms with Crippen LogP contribution in [0.1, 0.15) is 38.2 Å². The SMILES string of the molecule is CCC(C)c1ccc(O[C@@H]2CN[C@H](C(=O)OC)C2)c(Cl)c1.Cl. The minimum atomic E-state index is -0.293. The van der Waals surface area contributed by atoms with Crippen molar-refractivity contribution in [1.82, 2.24) is 5.32 Å². The molecule has 0 saturated carbocycles. The second-order valence-corrected chi connectivity index (χ2v) is 5.87. The third-order valence-corrected chi connectivity index (χ3v) is 4.30. The van der Waals surface area contributed by atoms with Gasteiger partial charge in [-0.05, 0) is 30.0 Å². The Morgan fingerprint density at radius 1 is 1.50 bits per heavy atom. The van der Waals surface area contributed by atoms with Gasteiger partial charge in [-0.15, -0.1) is 12.4 Å². The van der Waals surface area contributed by atoms with E-state index in [0.29, 0.717) is 29.7 Å². The molecule has 1 aromatic rings. The van der Waals surface area contributed by atoms with Crippen molar-refractivity contribution in [3.8, 4) is 5.75 Å². The Labute approximate surface area is 142 Å². The Bertz CT molecular complexity index is 510. The Morgan fingerprint density at radius 3 is 2.82 bits per heavy atom. The summed E-state index contributed by atoms with van der Waals surface area (Å²) in [4.78, 5) is 11.5. The van der Waals surface area contributed by atoms with Gasteiger partial charge in [0.05, 0.1) is 12.1 Å². The number of hydrogen-bond donors (Lipinski definition) is 1. The molecule has 1 fully saturated rings. The fourth-order valence-corrected chi connectivity index (χ4v) is 2.68. The van der Waals surface area contributed by atoms with Crippen molar-refractivity contribution in [2.24, 2.45) is 0 Å². The van der Waals surface area contributed by atoms with Crippen LogP contribution in [0.5, 0.6) is 5.75 Å². The highest BCUT2D eigenvalue weighted by atomic mass is 35.5. The molecule has 1 aliphatic rings. The molecule has 1 saturated heterocycles. The molecular formula is C16H23Cl2NO3. The Kier molecular flexibility index (Phi) is 7.46. The monoisotopic (exact) mass is 347 g/mol. The van der Waals surface area contributed by atoms with Crippen LogP contribution in [-0.2, 0) is 9.53 Å². The number of benzene rings is 1. The molecule has 3 atom stereocenters. The summed E-state index contributed by atoms with van der Waals surface area (Å²) >= 11 is 6.30. The van der Waals surface area contributed by atoms with Crippen LogP contribution in [0.3, 0.4) is 0 Å². The molecule has 0 aromatic heterocycles. The number of methoxy groups -OCH3 is 1. The normalized spacial score (nSPS) is 21.8. The molecule has 6 heteroatoms. The van der Waals surface area contributed by atoms with Gasteiger partial charge in [-0.25, -0.2) is 0 Å². The van der Waals surface area contributed by atoms with Crippen molar-refractivity contribution < 1.29 is 14.3 Å². The molecule has 1 aliphatic heterocycles. The number of hydrogen-bond acceptors (Lipinski definition) is 4. The van der Waals surface area contributed by atoms with Gasteiger partial charge in [-0.3, -0.25) is 4.79 Å². The number of halogens is 2. The molecule has 22 heavy (non-hydrogen) atoms.